The molecule has 0 bridgehead atoms. The smallest absolute Gasteiger partial charge is 0.253 e. The highest BCUT2D eigenvalue weighted by atomic mass is 16.5. The summed E-state index contributed by atoms with van der Waals surface area (Å²) in [5, 5.41) is 2.97. The molecule has 1 aliphatic carbocycles. The van der Waals surface area contributed by atoms with Crippen LogP contribution >= 0.6 is 0 Å². The van der Waals surface area contributed by atoms with Crippen LogP contribution in [0.4, 0.5) is 5.69 Å². The lowest BCUT2D eigenvalue weighted by atomic mass is 10.0. The number of carbonyl (C=O) groups excluding carboxylic acids is 1. The summed E-state index contributed by atoms with van der Waals surface area (Å²) < 4.78 is 10.4. The molecule has 1 aromatic rings. The van der Waals surface area contributed by atoms with Gasteiger partial charge in [-0.2, -0.15) is 0 Å². The molecular formula is C15H22N2O3. The van der Waals surface area contributed by atoms with Crippen molar-refractivity contribution in [1.82, 2.24) is 5.32 Å². The molecule has 110 valence electrons. The molecule has 20 heavy (non-hydrogen) atoms. The van der Waals surface area contributed by atoms with Crippen molar-refractivity contribution in [3.8, 4) is 11.5 Å². The molecule has 2 rings (SSSR count). The van der Waals surface area contributed by atoms with Gasteiger partial charge in [-0.3, -0.25) is 4.79 Å². The highest BCUT2D eigenvalue weighted by Gasteiger charge is 2.40. The van der Waals surface area contributed by atoms with Crippen LogP contribution in [-0.4, -0.2) is 26.7 Å². The number of carbonyl (C=O) groups is 1. The Kier molecular flexibility index (Phi) is 4.06. The number of benzene rings is 1. The SMILES string of the molecule is CCC1(CNC(=O)c2cc(OC)c(OC)cc2N)CC1. The molecular weight excluding hydrogens is 256 g/mol. The third-order valence-electron chi connectivity index (χ3n) is 4.13. The molecule has 1 aliphatic rings. The first-order chi connectivity index (χ1) is 9.55. The summed E-state index contributed by atoms with van der Waals surface area (Å²) in [7, 11) is 3.07. The van der Waals surface area contributed by atoms with E-state index in [-0.39, 0.29) is 5.91 Å². The van der Waals surface area contributed by atoms with E-state index in [1.807, 2.05) is 0 Å². The highest BCUT2D eigenvalue weighted by molar-refractivity contribution is 6.00. The number of ether oxygens (including phenoxy) is 2. The van der Waals surface area contributed by atoms with Gasteiger partial charge in [0.2, 0.25) is 0 Å². The lowest BCUT2D eigenvalue weighted by Gasteiger charge is -2.15. The van der Waals surface area contributed by atoms with E-state index in [2.05, 4.69) is 12.2 Å². The summed E-state index contributed by atoms with van der Waals surface area (Å²) >= 11 is 0. The fraction of sp³-hybridized carbons (Fsp3) is 0.533. The molecule has 1 fully saturated rings. The maximum absolute atomic E-state index is 12.2. The molecule has 5 heteroatoms. The summed E-state index contributed by atoms with van der Waals surface area (Å²) in [6, 6.07) is 3.23. The molecule has 1 aromatic carbocycles. The molecule has 0 aliphatic heterocycles. The molecule has 0 radical (unpaired) electrons. The lowest BCUT2D eigenvalue weighted by molar-refractivity contribution is 0.0945. The molecule has 0 unspecified atom stereocenters. The number of nitrogens with two attached hydrogens (primary N) is 1. The van der Waals surface area contributed by atoms with Crippen molar-refractivity contribution in [1.29, 1.82) is 0 Å². The Balaban J connectivity index is 2.13. The van der Waals surface area contributed by atoms with Crippen LogP contribution in [0.5, 0.6) is 11.5 Å². The molecule has 3 N–H and O–H groups in total. The Morgan fingerprint density at radius 1 is 1.30 bits per heavy atom. The highest BCUT2D eigenvalue weighted by Crippen LogP contribution is 2.47. The fourth-order valence-corrected chi connectivity index (χ4v) is 2.29. The first-order valence-electron chi connectivity index (χ1n) is 6.85. The van der Waals surface area contributed by atoms with Crippen molar-refractivity contribution >= 4 is 11.6 Å². The van der Waals surface area contributed by atoms with E-state index in [0.717, 1.165) is 6.42 Å². The minimum atomic E-state index is -0.164. The van der Waals surface area contributed by atoms with Gasteiger partial charge < -0.3 is 20.5 Å². The number of hydrogen-bond acceptors (Lipinski definition) is 4. The second kappa shape index (κ2) is 5.61. The van der Waals surface area contributed by atoms with Gasteiger partial charge in [-0.1, -0.05) is 6.92 Å². The minimum Gasteiger partial charge on any atom is -0.493 e. The second-order valence-corrected chi connectivity index (χ2v) is 5.33. The summed E-state index contributed by atoms with van der Waals surface area (Å²) in [5.41, 5.74) is 7.03. The molecule has 0 spiro atoms. The van der Waals surface area contributed by atoms with Gasteiger partial charge in [0.05, 0.1) is 19.8 Å². The molecule has 0 aromatic heterocycles. The Morgan fingerprint density at radius 3 is 2.40 bits per heavy atom. The molecule has 5 nitrogen and oxygen atoms in total. The van der Waals surface area contributed by atoms with Gasteiger partial charge in [-0.25, -0.2) is 0 Å². The molecule has 1 saturated carbocycles. The molecule has 0 heterocycles. The van der Waals surface area contributed by atoms with Crippen LogP contribution in [0.2, 0.25) is 0 Å². The third-order valence-corrected chi connectivity index (χ3v) is 4.13. The van der Waals surface area contributed by atoms with E-state index in [0.29, 0.717) is 34.7 Å². The summed E-state index contributed by atoms with van der Waals surface area (Å²) in [4.78, 5) is 12.2. The quantitative estimate of drug-likeness (QED) is 0.782. The van der Waals surface area contributed by atoms with Crippen LogP contribution in [0.1, 0.15) is 36.5 Å². The van der Waals surface area contributed by atoms with E-state index < -0.39 is 0 Å². The van der Waals surface area contributed by atoms with Gasteiger partial charge in [0.1, 0.15) is 0 Å². The number of hydrogen-bond donors (Lipinski definition) is 2. The number of methoxy groups -OCH3 is 2. The van der Waals surface area contributed by atoms with Crippen LogP contribution in [0, 0.1) is 5.41 Å². The fourth-order valence-electron chi connectivity index (χ4n) is 2.29. The number of amides is 1. The average molecular weight is 278 g/mol. The zero-order valence-corrected chi connectivity index (χ0v) is 12.3. The summed E-state index contributed by atoms with van der Waals surface area (Å²) in [6.07, 6.45) is 3.46. The van der Waals surface area contributed by atoms with E-state index in [4.69, 9.17) is 15.2 Å². The Bertz CT molecular complexity index is 510. The topological polar surface area (TPSA) is 73.6 Å². The number of anilines is 1. The van der Waals surface area contributed by atoms with Gasteiger partial charge in [-0.15, -0.1) is 0 Å². The molecule has 0 saturated heterocycles. The molecule has 0 atom stereocenters. The summed E-state index contributed by atoms with van der Waals surface area (Å²) in [6.45, 7) is 2.86. The molecule has 1 amide bonds. The second-order valence-electron chi connectivity index (χ2n) is 5.33. The van der Waals surface area contributed by atoms with E-state index in [1.54, 1.807) is 12.1 Å². The predicted octanol–water partition coefficient (Wildman–Crippen LogP) is 2.21. The van der Waals surface area contributed by atoms with E-state index in [1.165, 1.54) is 27.1 Å². The monoisotopic (exact) mass is 278 g/mol. The van der Waals surface area contributed by atoms with Crippen LogP contribution in [-0.2, 0) is 0 Å². The Hall–Kier alpha value is -1.91. The first-order valence-corrected chi connectivity index (χ1v) is 6.85. The number of nitrogen functional groups attached to an aromatic ring is 1. The Morgan fingerprint density at radius 2 is 1.90 bits per heavy atom. The minimum absolute atomic E-state index is 0.164. The van der Waals surface area contributed by atoms with Crippen molar-refractivity contribution < 1.29 is 14.3 Å². The van der Waals surface area contributed by atoms with Crippen molar-refractivity contribution in [3.63, 3.8) is 0 Å². The van der Waals surface area contributed by atoms with Gasteiger partial charge in [0.15, 0.2) is 11.5 Å². The number of nitrogens with one attached hydrogen (secondary N) is 1. The first kappa shape index (κ1) is 14.5. The van der Waals surface area contributed by atoms with E-state index >= 15 is 0 Å². The van der Waals surface area contributed by atoms with Gasteiger partial charge in [0.25, 0.3) is 5.91 Å². The van der Waals surface area contributed by atoms with Gasteiger partial charge in [0, 0.05) is 18.3 Å². The third kappa shape index (κ3) is 2.81. The predicted molar refractivity (Wildman–Crippen MR) is 78.2 cm³/mol. The summed E-state index contributed by atoms with van der Waals surface area (Å²) in [5.74, 6) is 0.862. The van der Waals surface area contributed by atoms with Crippen molar-refractivity contribution in [2.24, 2.45) is 5.41 Å². The zero-order chi connectivity index (χ0) is 14.8. The Labute approximate surface area is 119 Å². The maximum Gasteiger partial charge on any atom is 0.253 e. The van der Waals surface area contributed by atoms with Gasteiger partial charge in [-0.05, 0) is 30.7 Å². The van der Waals surface area contributed by atoms with Crippen LogP contribution in [0.25, 0.3) is 0 Å². The van der Waals surface area contributed by atoms with Crippen LogP contribution in [0.15, 0.2) is 12.1 Å². The normalized spacial score (nSPS) is 15.6. The van der Waals surface area contributed by atoms with Crippen LogP contribution in [0.3, 0.4) is 0 Å². The largest absolute Gasteiger partial charge is 0.493 e. The van der Waals surface area contributed by atoms with Crippen molar-refractivity contribution in [2.75, 3.05) is 26.5 Å². The maximum atomic E-state index is 12.2. The lowest BCUT2D eigenvalue weighted by Crippen LogP contribution is -2.30. The zero-order valence-electron chi connectivity index (χ0n) is 12.3. The number of rotatable bonds is 6. The standard InChI is InChI=1S/C15H22N2O3/c1-4-15(5-6-15)9-17-14(18)10-7-12(19-2)13(20-3)8-11(10)16/h7-8H,4-6,9,16H2,1-3H3,(H,17,18). The van der Waals surface area contributed by atoms with E-state index in [9.17, 15) is 4.79 Å². The van der Waals surface area contributed by atoms with Crippen LogP contribution < -0.4 is 20.5 Å². The van der Waals surface area contributed by atoms with Crippen molar-refractivity contribution in [3.05, 3.63) is 17.7 Å². The van der Waals surface area contributed by atoms with Crippen molar-refractivity contribution in [2.45, 2.75) is 26.2 Å². The average Bonchev–Trinajstić information content (AvgIpc) is 3.25. The van der Waals surface area contributed by atoms with Gasteiger partial charge >= 0.3 is 0 Å².